The van der Waals surface area contributed by atoms with Crippen molar-refractivity contribution in [1.29, 1.82) is 0 Å². The number of aromatic nitrogens is 1. The van der Waals surface area contributed by atoms with E-state index in [-0.39, 0.29) is 12.0 Å². The molecular weight excluding hydrogens is 494 g/mol. The number of aliphatic carboxylic acids is 1. The first kappa shape index (κ1) is 25.6. The monoisotopic (exact) mass is 529 g/mol. The maximum Gasteiger partial charge on any atom is 0.312 e. The highest BCUT2D eigenvalue weighted by atomic mass is 16.5. The summed E-state index contributed by atoms with van der Waals surface area (Å²) in [6, 6.07) is 16.0. The maximum atomic E-state index is 12.2. The molecule has 0 amide bonds. The summed E-state index contributed by atoms with van der Waals surface area (Å²) in [5.74, 6) is 1.87. The van der Waals surface area contributed by atoms with Crippen molar-refractivity contribution in [2.24, 2.45) is 11.3 Å². The predicted molar refractivity (Wildman–Crippen MR) is 148 cm³/mol. The van der Waals surface area contributed by atoms with Gasteiger partial charge in [-0.15, -0.1) is 0 Å². The van der Waals surface area contributed by atoms with E-state index < -0.39 is 11.4 Å². The fourth-order valence-electron chi connectivity index (χ4n) is 6.36. The lowest BCUT2D eigenvalue weighted by Crippen LogP contribution is -2.43. The average Bonchev–Trinajstić information content (AvgIpc) is 3.64. The minimum atomic E-state index is -0.739. The van der Waals surface area contributed by atoms with Crippen LogP contribution < -0.4 is 19.7 Å². The number of hydrogen-bond donors (Lipinski definition) is 2. The molecule has 1 saturated heterocycles. The molecule has 0 bridgehead atoms. The fourth-order valence-corrected chi connectivity index (χ4v) is 6.36. The third-order valence-corrected chi connectivity index (χ3v) is 8.49. The second-order valence-corrected chi connectivity index (χ2v) is 10.9. The minimum absolute atomic E-state index is 0.127. The summed E-state index contributed by atoms with van der Waals surface area (Å²) in [6.45, 7) is 7.88. The molecule has 8 nitrogen and oxygen atoms in total. The highest BCUT2D eigenvalue weighted by Gasteiger charge is 2.71. The Morgan fingerprint density at radius 2 is 2.05 bits per heavy atom. The van der Waals surface area contributed by atoms with Crippen LogP contribution in [0.5, 0.6) is 11.5 Å². The summed E-state index contributed by atoms with van der Waals surface area (Å²) in [4.78, 5) is 19.3. The van der Waals surface area contributed by atoms with Gasteiger partial charge in [-0.3, -0.25) is 4.79 Å². The number of ether oxygens (including phenoxy) is 3. The molecule has 3 aliphatic rings. The van der Waals surface area contributed by atoms with Crippen molar-refractivity contribution in [3.63, 3.8) is 0 Å². The summed E-state index contributed by atoms with van der Waals surface area (Å²) in [6.07, 6.45) is 0.701. The number of pyridine rings is 1. The smallest absolute Gasteiger partial charge is 0.312 e. The van der Waals surface area contributed by atoms with E-state index in [1.807, 2.05) is 43.3 Å². The molecule has 2 fully saturated rings. The van der Waals surface area contributed by atoms with Crippen LogP contribution in [-0.4, -0.2) is 55.5 Å². The quantitative estimate of drug-likeness (QED) is 0.445. The van der Waals surface area contributed by atoms with Gasteiger partial charge in [0.05, 0.1) is 23.8 Å². The normalized spacial score (nSPS) is 23.4. The van der Waals surface area contributed by atoms with E-state index in [1.54, 1.807) is 7.11 Å². The number of nitrogens with one attached hydrogen (secondary N) is 1. The molecule has 1 aromatic heterocycles. The molecule has 0 spiro atoms. The van der Waals surface area contributed by atoms with Crippen molar-refractivity contribution in [3.05, 3.63) is 70.8 Å². The summed E-state index contributed by atoms with van der Waals surface area (Å²) < 4.78 is 17.9. The van der Waals surface area contributed by atoms with E-state index in [0.717, 1.165) is 52.8 Å². The van der Waals surface area contributed by atoms with Gasteiger partial charge in [0.15, 0.2) is 0 Å². The van der Waals surface area contributed by atoms with Crippen molar-refractivity contribution in [2.75, 3.05) is 38.3 Å². The standard InChI is InChI=1S/C31H35N3O5/c1-19-6-4-7-23(29(19)39-17-21-12-20(2)24-15-32-10-11-38-26(24)13-21)25-8-5-9-28(33-25)34-16-22-14-31(22,30(35)36)27(34)18-37-3/h4-9,12-13,22,27,32H,10-11,14-18H2,1-3H3,(H,35,36)/t22-,27+,31+/m0/s1. The molecule has 3 heterocycles. The molecule has 2 aromatic carbocycles. The van der Waals surface area contributed by atoms with Gasteiger partial charge >= 0.3 is 5.97 Å². The zero-order valence-electron chi connectivity index (χ0n) is 22.7. The summed E-state index contributed by atoms with van der Waals surface area (Å²) in [7, 11) is 1.62. The molecular formula is C31H35N3O5. The number of methoxy groups -OCH3 is 1. The number of hydrogen-bond acceptors (Lipinski definition) is 7. The number of para-hydroxylation sites is 1. The van der Waals surface area contributed by atoms with Gasteiger partial charge in [0.2, 0.25) is 0 Å². The van der Waals surface area contributed by atoms with Crippen LogP contribution >= 0.6 is 0 Å². The number of fused-ring (bicyclic) bond motifs is 2. The Balaban J connectivity index is 1.28. The molecule has 0 unspecified atom stereocenters. The van der Waals surface area contributed by atoms with Crippen molar-refractivity contribution in [2.45, 2.75) is 39.5 Å². The van der Waals surface area contributed by atoms with E-state index in [2.05, 4.69) is 29.3 Å². The van der Waals surface area contributed by atoms with Crippen molar-refractivity contribution < 1.29 is 24.1 Å². The van der Waals surface area contributed by atoms with Crippen LogP contribution in [0.2, 0.25) is 0 Å². The number of carboxylic acids is 1. The first-order valence-corrected chi connectivity index (χ1v) is 13.6. The van der Waals surface area contributed by atoms with Gasteiger partial charge in [0.1, 0.15) is 30.5 Å². The van der Waals surface area contributed by atoms with Crippen LogP contribution in [0.3, 0.4) is 0 Å². The van der Waals surface area contributed by atoms with Crippen molar-refractivity contribution >= 4 is 11.8 Å². The number of nitrogens with zero attached hydrogens (tertiary/aromatic N) is 2. The SMILES string of the molecule is COC[C@H]1N(c2cccc(-c3cccc(C)c3OCc3cc(C)c4c(c3)OCCNC4)n2)C[C@@H]2C[C@@]21C(=O)O. The average molecular weight is 530 g/mol. The second kappa shape index (κ2) is 10.2. The number of aryl methyl sites for hydroxylation is 2. The van der Waals surface area contributed by atoms with Gasteiger partial charge < -0.3 is 29.5 Å². The molecule has 8 heteroatoms. The highest BCUT2D eigenvalue weighted by molar-refractivity contribution is 5.82. The Kier molecular flexibility index (Phi) is 6.69. The highest BCUT2D eigenvalue weighted by Crippen LogP contribution is 2.62. The Labute approximate surface area is 228 Å². The van der Waals surface area contributed by atoms with Gasteiger partial charge in [0, 0.05) is 37.9 Å². The fraction of sp³-hybridized carbons (Fsp3) is 0.419. The predicted octanol–water partition coefficient (Wildman–Crippen LogP) is 4.35. The number of rotatable bonds is 8. The largest absolute Gasteiger partial charge is 0.492 e. The van der Waals surface area contributed by atoms with Gasteiger partial charge in [0.25, 0.3) is 0 Å². The third kappa shape index (κ3) is 4.51. The zero-order chi connectivity index (χ0) is 27.1. The van der Waals surface area contributed by atoms with Crippen molar-refractivity contribution in [1.82, 2.24) is 10.3 Å². The number of carbonyl (C=O) groups is 1. The van der Waals surface area contributed by atoms with Gasteiger partial charge in [-0.05, 0) is 67.1 Å². The number of piperidine rings is 1. The lowest BCUT2D eigenvalue weighted by molar-refractivity contribution is -0.144. The molecule has 6 rings (SSSR count). The summed E-state index contributed by atoms with van der Waals surface area (Å²) >= 11 is 0. The third-order valence-electron chi connectivity index (χ3n) is 8.49. The maximum absolute atomic E-state index is 12.2. The van der Waals surface area contributed by atoms with E-state index in [9.17, 15) is 9.90 Å². The van der Waals surface area contributed by atoms with Crippen LogP contribution in [0, 0.1) is 25.2 Å². The first-order chi connectivity index (χ1) is 18.9. The first-order valence-electron chi connectivity index (χ1n) is 13.6. The Morgan fingerprint density at radius 3 is 2.87 bits per heavy atom. The Morgan fingerprint density at radius 1 is 1.21 bits per heavy atom. The van der Waals surface area contributed by atoms with Crippen LogP contribution in [0.25, 0.3) is 11.3 Å². The van der Waals surface area contributed by atoms with E-state index in [0.29, 0.717) is 32.8 Å². The van der Waals surface area contributed by atoms with Gasteiger partial charge in [-0.25, -0.2) is 4.98 Å². The summed E-state index contributed by atoms with van der Waals surface area (Å²) in [5.41, 5.74) is 5.43. The topological polar surface area (TPSA) is 93.2 Å². The van der Waals surface area contributed by atoms with E-state index >= 15 is 0 Å². The van der Waals surface area contributed by atoms with E-state index in [1.165, 1.54) is 11.1 Å². The lowest BCUT2D eigenvalue weighted by atomic mass is 9.97. The zero-order valence-corrected chi connectivity index (χ0v) is 22.7. The minimum Gasteiger partial charge on any atom is -0.492 e. The lowest BCUT2D eigenvalue weighted by Gasteiger charge is -2.31. The number of benzene rings is 2. The second-order valence-electron chi connectivity index (χ2n) is 10.9. The molecule has 2 aliphatic heterocycles. The molecule has 3 atom stereocenters. The molecule has 0 radical (unpaired) electrons. The van der Waals surface area contributed by atoms with E-state index in [4.69, 9.17) is 19.2 Å². The van der Waals surface area contributed by atoms with Crippen LogP contribution in [0.4, 0.5) is 5.82 Å². The number of carboxylic acid groups (broad SMARTS) is 1. The molecule has 2 N–H and O–H groups in total. The van der Waals surface area contributed by atoms with Crippen molar-refractivity contribution in [3.8, 4) is 22.8 Å². The Hall–Kier alpha value is -3.62. The number of anilines is 1. The molecule has 1 aliphatic carbocycles. The Bertz CT molecular complexity index is 1410. The van der Waals surface area contributed by atoms with Gasteiger partial charge in [-0.2, -0.15) is 0 Å². The van der Waals surface area contributed by atoms with Crippen LogP contribution in [-0.2, 0) is 22.7 Å². The van der Waals surface area contributed by atoms with Crippen LogP contribution in [0.1, 0.15) is 28.7 Å². The molecule has 3 aromatic rings. The van der Waals surface area contributed by atoms with Crippen LogP contribution in [0.15, 0.2) is 48.5 Å². The molecule has 204 valence electrons. The van der Waals surface area contributed by atoms with Gasteiger partial charge in [-0.1, -0.05) is 24.3 Å². The molecule has 39 heavy (non-hydrogen) atoms. The summed E-state index contributed by atoms with van der Waals surface area (Å²) in [5, 5.41) is 13.4. The molecule has 1 saturated carbocycles.